The fourth-order valence-electron chi connectivity index (χ4n) is 1.37. The van der Waals surface area contributed by atoms with Crippen LogP contribution in [0.5, 0.6) is 0 Å². The van der Waals surface area contributed by atoms with Gasteiger partial charge in [0, 0.05) is 12.6 Å². The predicted octanol–water partition coefficient (Wildman–Crippen LogP) is 0.757. The highest BCUT2D eigenvalue weighted by molar-refractivity contribution is 5.22. The molecular weight excluding hydrogens is 154 g/mol. The van der Waals surface area contributed by atoms with Crippen molar-refractivity contribution in [2.75, 3.05) is 18.4 Å². The topological polar surface area (TPSA) is 50.1 Å². The van der Waals surface area contributed by atoms with Gasteiger partial charge < -0.3 is 15.1 Å². The summed E-state index contributed by atoms with van der Waals surface area (Å²) < 4.78 is 5.30. The lowest BCUT2D eigenvalue weighted by molar-refractivity contribution is 0.532. The highest BCUT2D eigenvalue weighted by Gasteiger charge is 2.15. The normalized spacial score (nSPS) is 22.9. The smallest absolute Gasteiger partial charge is 0.294 e. The number of anilines is 1. The monoisotopic (exact) mass is 167 g/mol. The molecule has 0 spiro atoms. The van der Waals surface area contributed by atoms with Gasteiger partial charge in [-0.1, -0.05) is 0 Å². The number of nitrogens with zero attached hydrogens (tertiary/aromatic N) is 1. The van der Waals surface area contributed by atoms with Crippen LogP contribution in [0.15, 0.2) is 10.6 Å². The van der Waals surface area contributed by atoms with Gasteiger partial charge in [0.1, 0.15) is 5.76 Å². The van der Waals surface area contributed by atoms with Gasteiger partial charge in [-0.15, -0.1) is 0 Å². The van der Waals surface area contributed by atoms with Gasteiger partial charge in [0.2, 0.25) is 0 Å². The van der Waals surface area contributed by atoms with Crippen molar-refractivity contribution in [3.8, 4) is 0 Å². The van der Waals surface area contributed by atoms with E-state index in [-0.39, 0.29) is 0 Å². The summed E-state index contributed by atoms with van der Waals surface area (Å²) in [6.07, 6.45) is 2.87. The van der Waals surface area contributed by atoms with Gasteiger partial charge in [-0.3, -0.25) is 0 Å². The molecule has 66 valence electrons. The first-order valence-corrected chi connectivity index (χ1v) is 4.24. The molecule has 1 unspecified atom stereocenters. The van der Waals surface area contributed by atoms with Gasteiger partial charge in [0.15, 0.2) is 0 Å². The lowest BCUT2D eigenvalue weighted by atomic mass is 10.3. The number of nitrogens with one attached hydrogen (secondary N) is 2. The molecule has 1 aliphatic heterocycles. The Morgan fingerprint density at radius 2 is 2.67 bits per heavy atom. The lowest BCUT2D eigenvalue weighted by Gasteiger charge is -2.07. The molecule has 0 amide bonds. The average Bonchev–Trinajstić information content (AvgIpc) is 2.63. The zero-order valence-corrected chi connectivity index (χ0v) is 7.13. The molecule has 1 atom stereocenters. The van der Waals surface area contributed by atoms with Crippen molar-refractivity contribution >= 4 is 6.01 Å². The highest BCUT2D eigenvalue weighted by atomic mass is 16.4. The summed E-state index contributed by atoms with van der Waals surface area (Å²) in [5, 5.41) is 6.49. The van der Waals surface area contributed by atoms with Crippen molar-refractivity contribution in [2.45, 2.75) is 19.4 Å². The van der Waals surface area contributed by atoms with Gasteiger partial charge >= 0.3 is 0 Å². The van der Waals surface area contributed by atoms with E-state index in [9.17, 15) is 0 Å². The molecule has 0 aromatic carbocycles. The summed E-state index contributed by atoms with van der Waals surface area (Å²) in [5.41, 5.74) is 0. The highest BCUT2D eigenvalue weighted by Crippen LogP contribution is 2.10. The molecule has 4 nitrogen and oxygen atoms in total. The van der Waals surface area contributed by atoms with E-state index in [2.05, 4.69) is 15.6 Å². The second-order valence-electron chi connectivity index (χ2n) is 3.11. The van der Waals surface area contributed by atoms with Crippen LogP contribution in [-0.4, -0.2) is 24.1 Å². The first-order chi connectivity index (χ1) is 5.84. The van der Waals surface area contributed by atoms with Crippen LogP contribution in [0.25, 0.3) is 0 Å². The van der Waals surface area contributed by atoms with Gasteiger partial charge in [0.25, 0.3) is 6.01 Å². The molecule has 1 aromatic rings. The fraction of sp³-hybridized carbons (Fsp3) is 0.625. The van der Waals surface area contributed by atoms with E-state index in [4.69, 9.17) is 4.42 Å². The van der Waals surface area contributed by atoms with E-state index in [1.165, 1.54) is 0 Å². The minimum absolute atomic E-state index is 0.475. The molecule has 1 aromatic heterocycles. The molecule has 1 saturated heterocycles. The molecule has 0 saturated carbocycles. The average molecular weight is 167 g/mol. The molecule has 2 N–H and O–H groups in total. The van der Waals surface area contributed by atoms with E-state index < -0.39 is 0 Å². The van der Waals surface area contributed by atoms with Crippen LogP contribution in [0, 0.1) is 6.92 Å². The molecule has 12 heavy (non-hydrogen) atoms. The van der Waals surface area contributed by atoms with E-state index in [0.29, 0.717) is 12.1 Å². The van der Waals surface area contributed by atoms with Gasteiger partial charge in [0.05, 0.1) is 6.20 Å². The summed E-state index contributed by atoms with van der Waals surface area (Å²) in [6, 6.07) is 1.12. The Labute approximate surface area is 71.4 Å². The third-order valence-corrected chi connectivity index (χ3v) is 2.01. The van der Waals surface area contributed by atoms with Crippen LogP contribution < -0.4 is 10.6 Å². The number of aryl methyl sites for hydroxylation is 1. The summed E-state index contributed by atoms with van der Waals surface area (Å²) in [5.74, 6) is 0.850. The maximum Gasteiger partial charge on any atom is 0.294 e. The second-order valence-corrected chi connectivity index (χ2v) is 3.11. The maximum absolute atomic E-state index is 5.30. The minimum atomic E-state index is 0.475. The van der Waals surface area contributed by atoms with Crippen molar-refractivity contribution in [3.05, 3.63) is 12.0 Å². The molecule has 0 radical (unpaired) electrons. The van der Waals surface area contributed by atoms with Gasteiger partial charge in [-0.2, -0.15) is 0 Å². The fourth-order valence-corrected chi connectivity index (χ4v) is 1.37. The van der Waals surface area contributed by atoms with Crippen LogP contribution >= 0.6 is 0 Å². The minimum Gasteiger partial charge on any atom is -0.429 e. The first-order valence-electron chi connectivity index (χ1n) is 4.24. The number of aromatic nitrogens is 1. The molecule has 4 heteroatoms. The Morgan fingerprint density at radius 1 is 1.75 bits per heavy atom. The molecule has 1 fully saturated rings. The zero-order chi connectivity index (χ0) is 8.39. The SMILES string of the molecule is Cc1cnc(NC2CCNC2)o1. The van der Waals surface area contributed by atoms with E-state index in [1.807, 2.05) is 6.92 Å². The van der Waals surface area contributed by atoms with Crippen LogP contribution in [0.3, 0.4) is 0 Å². The van der Waals surface area contributed by atoms with E-state index >= 15 is 0 Å². The number of oxazole rings is 1. The summed E-state index contributed by atoms with van der Waals surface area (Å²) in [6.45, 7) is 3.98. The van der Waals surface area contributed by atoms with Crippen LogP contribution in [-0.2, 0) is 0 Å². The van der Waals surface area contributed by atoms with E-state index in [0.717, 1.165) is 25.3 Å². The van der Waals surface area contributed by atoms with E-state index in [1.54, 1.807) is 6.20 Å². The maximum atomic E-state index is 5.30. The third kappa shape index (κ3) is 1.58. The number of hydrogen-bond donors (Lipinski definition) is 2. The summed E-state index contributed by atoms with van der Waals surface area (Å²) >= 11 is 0. The molecule has 1 aliphatic rings. The summed E-state index contributed by atoms with van der Waals surface area (Å²) in [7, 11) is 0. The van der Waals surface area contributed by atoms with Crippen molar-refractivity contribution in [1.29, 1.82) is 0 Å². The molecule has 0 bridgehead atoms. The van der Waals surface area contributed by atoms with Crippen molar-refractivity contribution in [1.82, 2.24) is 10.3 Å². The van der Waals surface area contributed by atoms with Gasteiger partial charge in [-0.05, 0) is 19.9 Å². The Bertz CT molecular complexity index is 253. The Morgan fingerprint density at radius 3 is 3.25 bits per heavy atom. The molecule has 2 heterocycles. The number of hydrogen-bond acceptors (Lipinski definition) is 4. The van der Waals surface area contributed by atoms with Crippen LogP contribution in [0.4, 0.5) is 6.01 Å². The van der Waals surface area contributed by atoms with Crippen molar-refractivity contribution in [3.63, 3.8) is 0 Å². The number of rotatable bonds is 2. The van der Waals surface area contributed by atoms with Crippen LogP contribution in [0.2, 0.25) is 0 Å². The largest absolute Gasteiger partial charge is 0.429 e. The van der Waals surface area contributed by atoms with Crippen molar-refractivity contribution in [2.24, 2.45) is 0 Å². The predicted molar refractivity (Wildman–Crippen MR) is 46.1 cm³/mol. The lowest BCUT2D eigenvalue weighted by Crippen LogP contribution is -2.22. The Kier molecular flexibility index (Phi) is 1.99. The summed E-state index contributed by atoms with van der Waals surface area (Å²) in [4.78, 5) is 4.07. The zero-order valence-electron chi connectivity index (χ0n) is 7.13. The molecule has 0 aliphatic carbocycles. The molecule has 2 rings (SSSR count). The van der Waals surface area contributed by atoms with Crippen LogP contribution in [0.1, 0.15) is 12.2 Å². The third-order valence-electron chi connectivity index (χ3n) is 2.01. The van der Waals surface area contributed by atoms with Crippen molar-refractivity contribution < 1.29 is 4.42 Å². The Balaban J connectivity index is 1.94. The van der Waals surface area contributed by atoms with Gasteiger partial charge in [-0.25, -0.2) is 4.98 Å². The molecular formula is C8H13N3O. The Hall–Kier alpha value is -1.03. The standard InChI is InChI=1S/C8H13N3O/c1-6-4-10-8(12-6)11-7-2-3-9-5-7/h4,7,9H,2-3,5H2,1H3,(H,10,11). The second kappa shape index (κ2) is 3.15. The quantitative estimate of drug-likeness (QED) is 0.682. The first kappa shape index (κ1) is 7.61.